The van der Waals surface area contributed by atoms with Crippen LogP contribution in [0.5, 0.6) is 0 Å². The highest BCUT2D eigenvalue weighted by Gasteiger charge is 2.15. The number of rotatable bonds is 4. The van der Waals surface area contributed by atoms with Gasteiger partial charge >= 0.3 is 0 Å². The van der Waals surface area contributed by atoms with Crippen molar-refractivity contribution in [3.8, 4) is 16.9 Å². The van der Waals surface area contributed by atoms with Crippen molar-refractivity contribution >= 4 is 12.0 Å². The molecule has 1 saturated heterocycles. The summed E-state index contributed by atoms with van der Waals surface area (Å²) in [5, 5.41) is 4.78. The van der Waals surface area contributed by atoms with E-state index in [0.29, 0.717) is 0 Å². The summed E-state index contributed by atoms with van der Waals surface area (Å²) in [5.74, 6) is 0.0844. The molecule has 4 nitrogen and oxygen atoms in total. The van der Waals surface area contributed by atoms with Crippen LogP contribution in [0, 0.1) is 0 Å². The third-order valence-electron chi connectivity index (χ3n) is 4.88. The Kier molecular flexibility index (Phi) is 5.15. The first-order valence-corrected chi connectivity index (χ1v) is 9.49. The molecule has 4 rings (SSSR count). The van der Waals surface area contributed by atoms with Crippen LogP contribution in [-0.4, -0.2) is 33.7 Å². The van der Waals surface area contributed by atoms with Crippen molar-refractivity contribution in [1.29, 1.82) is 0 Å². The number of aromatic nitrogens is 2. The second-order valence-electron chi connectivity index (χ2n) is 6.80. The number of piperidine rings is 1. The molecule has 2 heterocycles. The van der Waals surface area contributed by atoms with Gasteiger partial charge in [0.15, 0.2) is 0 Å². The molecule has 0 unspecified atom stereocenters. The topological polar surface area (TPSA) is 38.1 Å². The Morgan fingerprint density at radius 2 is 1.56 bits per heavy atom. The second-order valence-corrected chi connectivity index (χ2v) is 6.80. The van der Waals surface area contributed by atoms with Gasteiger partial charge in [0, 0.05) is 36.5 Å². The van der Waals surface area contributed by atoms with Crippen LogP contribution >= 0.6 is 0 Å². The predicted octanol–water partition coefficient (Wildman–Crippen LogP) is 4.57. The highest BCUT2D eigenvalue weighted by atomic mass is 16.2. The number of para-hydroxylation sites is 1. The lowest BCUT2D eigenvalue weighted by atomic mass is 10.1. The first-order chi connectivity index (χ1) is 13.3. The van der Waals surface area contributed by atoms with E-state index in [2.05, 4.69) is 0 Å². The van der Waals surface area contributed by atoms with Gasteiger partial charge in [-0.15, -0.1) is 0 Å². The van der Waals surface area contributed by atoms with Crippen molar-refractivity contribution in [3.05, 3.63) is 78.5 Å². The zero-order valence-electron chi connectivity index (χ0n) is 15.3. The number of amides is 1. The molecule has 3 aromatic rings. The van der Waals surface area contributed by atoms with E-state index in [9.17, 15) is 4.79 Å². The van der Waals surface area contributed by atoms with Crippen LogP contribution in [0.1, 0.15) is 24.8 Å². The first kappa shape index (κ1) is 17.3. The standard InChI is InChI=1S/C23H23N3O/c27-22(25-16-8-3-9-17-25)15-14-20-18-26(21-12-6-2-7-13-21)24-23(20)19-10-4-1-5-11-19/h1-2,4-7,10-15,18H,3,8-9,16-17H2/b15-14+. The minimum absolute atomic E-state index is 0.0844. The van der Waals surface area contributed by atoms with E-state index in [1.165, 1.54) is 6.42 Å². The molecule has 1 fully saturated rings. The third kappa shape index (κ3) is 4.00. The second kappa shape index (κ2) is 8.04. The van der Waals surface area contributed by atoms with Crippen molar-refractivity contribution in [2.75, 3.05) is 13.1 Å². The zero-order valence-corrected chi connectivity index (χ0v) is 15.3. The number of benzene rings is 2. The van der Waals surface area contributed by atoms with Crippen molar-refractivity contribution in [2.45, 2.75) is 19.3 Å². The Hall–Kier alpha value is -3.14. The molecule has 0 N–H and O–H groups in total. The number of nitrogens with zero attached hydrogens (tertiary/aromatic N) is 3. The summed E-state index contributed by atoms with van der Waals surface area (Å²) in [6.07, 6.45) is 8.98. The van der Waals surface area contributed by atoms with Crippen LogP contribution in [0.2, 0.25) is 0 Å². The molecule has 0 atom stereocenters. The van der Waals surface area contributed by atoms with Crippen LogP contribution in [0.15, 0.2) is 72.9 Å². The molecule has 136 valence electrons. The lowest BCUT2D eigenvalue weighted by Gasteiger charge is -2.25. The SMILES string of the molecule is O=C(/C=C/c1cn(-c2ccccc2)nc1-c1ccccc1)N1CCCCC1. The largest absolute Gasteiger partial charge is 0.339 e. The molecule has 1 aliphatic rings. The van der Waals surface area contributed by atoms with E-state index in [1.807, 2.05) is 82.5 Å². The quantitative estimate of drug-likeness (QED) is 0.642. The monoisotopic (exact) mass is 357 g/mol. The Morgan fingerprint density at radius 3 is 2.26 bits per heavy atom. The highest BCUT2D eigenvalue weighted by molar-refractivity contribution is 5.93. The van der Waals surface area contributed by atoms with E-state index in [-0.39, 0.29) is 5.91 Å². The molecule has 4 heteroatoms. The van der Waals surface area contributed by atoms with Gasteiger partial charge in [-0.2, -0.15) is 5.10 Å². The minimum atomic E-state index is 0.0844. The van der Waals surface area contributed by atoms with Gasteiger partial charge in [0.05, 0.1) is 11.4 Å². The molecular weight excluding hydrogens is 334 g/mol. The van der Waals surface area contributed by atoms with E-state index in [1.54, 1.807) is 6.08 Å². The van der Waals surface area contributed by atoms with Crippen LogP contribution < -0.4 is 0 Å². The summed E-state index contributed by atoms with van der Waals surface area (Å²) in [4.78, 5) is 14.4. The summed E-state index contributed by atoms with van der Waals surface area (Å²) in [5.41, 5.74) is 3.85. The fourth-order valence-electron chi connectivity index (χ4n) is 3.42. The van der Waals surface area contributed by atoms with E-state index < -0.39 is 0 Å². The normalized spacial score (nSPS) is 14.6. The Bertz CT molecular complexity index is 923. The fourth-order valence-corrected chi connectivity index (χ4v) is 3.42. The summed E-state index contributed by atoms with van der Waals surface area (Å²) >= 11 is 0. The summed E-state index contributed by atoms with van der Waals surface area (Å²) in [6, 6.07) is 20.1. The van der Waals surface area contributed by atoms with Gasteiger partial charge in [0.1, 0.15) is 0 Å². The molecule has 0 spiro atoms. The van der Waals surface area contributed by atoms with Crippen LogP contribution in [0.25, 0.3) is 23.0 Å². The molecule has 1 aliphatic heterocycles. The smallest absolute Gasteiger partial charge is 0.246 e. The predicted molar refractivity (Wildman–Crippen MR) is 108 cm³/mol. The molecule has 2 aromatic carbocycles. The molecular formula is C23H23N3O. The zero-order chi connectivity index (χ0) is 18.5. The van der Waals surface area contributed by atoms with Crippen molar-refractivity contribution in [3.63, 3.8) is 0 Å². The molecule has 1 amide bonds. The summed E-state index contributed by atoms with van der Waals surface area (Å²) in [6.45, 7) is 1.72. The molecule has 0 saturated carbocycles. The van der Waals surface area contributed by atoms with Gasteiger partial charge in [0.25, 0.3) is 0 Å². The van der Waals surface area contributed by atoms with E-state index >= 15 is 0 Å². The van der Waals surface area contributed by atoms with Crippen molar-refractivity contribution in [1.82, 2.24) is 14.7 Å². The van der Waals surface area contributed by atoms with Gasteiger partial charge in [0.2, 0.25) is 5.91 Å². The first-order valence-electron chi connectivity index (χ1n) is 9.49. The number of likely N-dealkylation sites (tertiary alicyclic amines) is 1. The number of carbonyl (C=O) groups excluding carboxylic acids is 1. The van der Waals surface area contributed by atoms with Gasteiger partial charge < -0.3 is 4.90 Å². The average molecular weight is 357 g/mol. The summed E-state index contributed by atoms with van der Waals surface area (Å²) in [7, 11) is 0. The van der Waals surface area contributed by atoms with Crippen LogP contribution in [0.3, 0.4) is 0 Å². The number of carbonyl (C=O) groups is 1. The third-order valence-corrected chi connectivity index (χ3v) is 4.88. The lowest BCUT2D eigenvalue weighted by molar-refractivity contribution is -0.126. The molecule has 0 aliphatic carbocycles. The Labute approximate surface area is 159 Å². The van der Waals surface area contributed by atoms with Gasteiger partial charge in [-0.3, -0.25) is 4.79 Å². The number of hydrogen-bond donors (Lipinski definition) is 0. The Balaban J connectivity index is 1.67. The molecule has 1 aromatic heterocycles. The van der Waals surface area contributed by atoms with Gasteiger partial charge in [-0.05, 0) is 37.5 Å². The van der Waals surface area contributed by atoms with Crippen LogP contribution in [-0.2, 0) is 4.79 Å². The molecule has 0 bridgehead atoms. The van der Waals surface area contributed by atoms with Gasteiger partial charge in [-0.1, -0.05) is 48.5 Å². The van der Waals surface area contributed by atoms with Crippen molar-refractivity contribution in [2.24, 2.45) is 0 Å². The minimum Gasteiger partial charge on any atom is -0.339 e. The lowest BCUT2D eigenvalue weighted by Crippen LogP contribution is -2.34. The fraction of sp³-hybridized carbons (Fsp3) is 0.217. The average Bonchev–Trinajstić information content (AvgIpc) is 3.18. The molecule has 0 radical (unpaired) electrons. The molecule has 27 heavy (non-hydrogen) atoms. The maximum absolute atomic E-state index is 12.5. The maximum Gasteiger partial charge on any atom is 0.246 e. The highest BCUT2D eigenvalue weighted by Crippen LogP contribution is 2.25. The van der Waals surface area contributed by atoms with Gasteiger partial charge in [-0.25, -0.2) is 4.68 Å². The summed E-state index contributed by atoms with van der Waals surface area (Å²) < 4.78 is 1.87. The van der Waals surface area contributed by atoms with E-state index in [4.69, 9.17) is 5.10 Å². The van der Waals surface area contributed by atoms with E-state index in [0.717, 1.165) is 48.4 Å². The maximum atomic E-state index is 12.5. The number of hydrogen-bond acceptors (Lipinski definition) is 2. The van der Waals surface area contributed by atoms with Crippen molar-refractivity contribution < 1.29 is 4.79 Å². The van der Waals surface area contributed by atoms with Crippen LogP contribution in [0.4, 0.5) is 0 Å². The Morgan fingerprint density at radius 1 is 0.889 bits per heavy atom.